The topological polar surface area (TPSA) is 74.7 Å². The molecule has 0 fully saturated rings. The molecular formula is C13H11ClN4. The second-order valence-corrected chi connectivity index (χ2v) is 4.24. The smallest absolute Gasteiger partial charge is 0.148 e. The number of nitriles is 1. The molecule has 0 radical (unpaired) electrons. The van der Waals surface area contributed by atoms with Crippen molar-refractivity contribution in [1.29, 1.82) is 5.26 Å². The molecule has 1 heterocycles. The fourth-order valence-electron chi connectivity index (χ4n) is 1.57. The van der Waals surface area contributed by atoms with Crippen molar-refractivity contribution in [2.24, 2.45) is 0 Å². The lowest BCUT2D eigenvalue weighted by atomic mass is 10.2. The van der Waals surface area contributed by atoms with Crippen molar-refractivity contribution < 1.29 is 0 Å². The highest BCUT2D eigenvalue weighted by Gasteiger charge is 2.08. The van der Waals surface area contributed by atoms with E-state index >= 15 is 0 Å². The molecule has 0 aliphatic rings. The summed E-state index contributed by atoms with van der Waals surface area (Å²) in [5, 5.41) is 12.7. The maximum absolute atomic E-state index is 9.04. The molecule has 0 unspecified atom stereocenters. The lowest BCUT2D eigenvalue weighted by Crippen LogP contribution is -2.00. The number of halogens is 1. The van der Waals surface area contributed by atoms with Crippen LogP contribution in [0.1, 0.15) is 11.1 Å². The van der Waals surface area contributed by atoms with Gasteiger partial charge in [0.25, 0.3) is 0 Å². The Morgan fingerprint density at radius 3 is 2.89 bits per heavy atom. The summed E-state index contributed by atoms with van der Waals surface area (Å²) in [5.41, 5.74) is 8.14. The summed E-state index contributed by atoms with van der Waals surface area (Å²) in [4.78, 5) is 4.11. The van der Waals surface area contributed by atoms with Crippen LogP contribution in [0, 0.1) is 18.3 Å². The third kappa shape index (κ3) is 2.36. The van der Waals surface area contributed by atoms with Gasteiger partial charge in [-0.25, -0.2) is 4.98 Å². The molecule has 0 amide bonds. The molecule has 18 heavy (non-hydrogen) atoms. The lowest BCUT2D eigenvalue weighted by Gasteiger charge is -2.11. The molecule has 0 bridgehead atoms. The van der Waals surface area contributed by atoms with Gasteiger partial charge in [-0.15, -0.1) is 0 Å². The predicted octanol–water partition coefficient (Wildman–Crippen LogP) is 3.24. The van der Waals surface area contributed by atoms with Gasteiger partial charge in [-0.05, 0) is 24.6 Å². The van der Waals surface area contributed by atoms with Crippen LogP contribution in [0.2, 0.25) is 5.02 Å². The summed E-state index contributed by atoms with van der Waals surface area (Å²) in [7, 11) is 0. The van der Waals surface area contributed by atoms with Crippen LogP contribution in [0.15, 0.2) is 30.5 Å². The van der Waals surface area contributed by atoms with E-state index in [0.717, 1.165) is 11.3 Å². The number of nitrogens with zero attached hydrogens (tertiary/aromatic N) is 2. The van der Waals surface area contributed by atoms with E-state index in [1.807, 2.05) is 25.1 Å². The molecule has 1 aromatic heterocycles. The number of hydrogen-bond acceptors (Lipinski definition) is 4. The van der Waals surface area contributed by atoms with Gasteiger partial charge in [0.2, 0.25) is 0 Å². The first-order valence-electron chi connectivity index (χ1n) is 5.29. The highest BCUT2D eigenvalue weighted by atomic mass is 35.5. The van der Waals surface area contributed by atoms with Gasteiger partial charge in [-0.1, -0.05) is 23.7 Å². The van der Waals surface area contributed by atoms with Gasteiger partial charge in [-0.2, -0.15) is 5.26 Å². The predicted molar refractivity (Wildman–Crippen MR) is 72.8 cm³/mol. The molecular weight excluding hydrogens is 248 g/mol. The first-order chi connectivity index (χ1) is 8.61. The van der Waals surface area contributed by atoms with Crippen molar-refractivity contribution in [2.75, 3.05) is 11.1 Å². The minimum Gasteiger partial charge on any atom is -0.397 e. The number of pyridine rings is 1. The quantitative estimate of drug-likeness (QED) is 0.867. The molecule has 0 aliphatic heterocycles. The second-order valence-electron chi connectivity index (χ2n) is 3.83. The highest BCUT2D eigenvalue weighted by Crippen LogP contribution is 2.29. The Bertz CT molecular complexity index is 611. The zero-order valence-corrected chi connectivity index (χ0v) is 10.5. The molecule has 0 spiro atoms. The van der Waals surface area contributed by atoms with E-state index in [-0.39, 0.29) is 0 Å². The highest BCUT2D eigenvalue weighted by molar-refractivity contribution is 6.33. The minimum atomic E-state index is 0.384. The summed E-state index contributed by atoms with van der Waals surface area (Å²) in [5.74, 6) is 0.447. The molecule has 0 aliphatic carbocycles. The summed E-state index contributed by atoms with van der Waals surface area (Å²) in [6.07, 6.45) is 1.50. The van der Waals surface area contributed by atoms with E-state index in [1.165, 1.54) is 6.20 Å². The van der Waals surface area contributed by atoms with Crippen LogP contribution in [0.4, 0.5) is 17.2 Å². The largest absolute Gasteiger partial charge is 0.397 e. The molecule has 2 rings (SSSR count). The van der Waals surface area contributed by atoms with Crippen LogP contribution in [0.3, 0.4) is 0 Å². The Labute approximate surface area is 110 Å². The number of rotatable bonds is 2. The van der Waals surface area contributed by atoms with E-state index in [0.29, 0.717) is 22.1 Å². The maximum Gasteiger partial charge on any atom is 0.148 e. The number of nitrogens with two attached hydrogens (primary N) is 1. The molecule has 90 valence electrons. The summed E-state index contributed by atoms with van der Waals surface area (Å²) >= 11 is 6.11. The van der Waals surface area contributed by atoms with Crippen LogP contribution >= 0.6 is 11.6 Å². The van der Waals surface area contributed by atoms with Gasteiger partial charge in [0, 0.05) is 0 Å². The van der Waals surface area contributed by atoms with Crippen molar-refractivity contribution in [1.82, 2.24) is 4.98 Å². The van der Waals surface area contributed by atoms with Gasteiger partial charge in [-0.3, -0.25) is 0 Å². The molecule has 4 nitrogen and oxygen atoms in total. The number of nitrogens with one attached hydrogen (secondary N) is 1. The number of anilines is 3. The number of benzene rings is 1. The zero-order valence-electron chi connectivity index (χ0n) is 9.74. The number of para-hydroxylation sites is 1. The number of aryl methyl sites for hydroxylation is 1. The minimum absolute atomic E-state index is 0.384. The molecule has 5 heteroatoms. The standard InChI is InChI=1S/C13H11ClN4/c1-8-3-2-4-11(14)12(8)18-13-9(6-15)5-10(16)7-17-13/h2-5,7H,16H2,1H3,(H,17,18). The van der Waals surface area contributed by atoms with Crippen LogP contribution in [0.25, 0.3) is 0 Å². The number of hydrogen-bond donors (Lipinski definition) is 2. The first-order valence-corrected chi connectivity index (χ1v) is 5.67. The third-order valence-corrected chi connectivity index (χ3v) is 2.81. The van der Waals surface area contributed by atoms with E-state index in [4.69, 9.17) is 22.6 Å². The Hall–Kier alpha value is -2.25. The molecule has 1 aromatic carbocycles. The molecule has 3 N–H and O–H groups in total. The van der Waals surface area contributed by atoms with Gasteiger partial charge < -0.3 is 11.1 Å². The van der Waals surface area contributed by atoms with Crippen LogP contribution in [-0.4, -0.2) is 4.98 Å². The van der Waals surface area contributed by atoms with Crippen molar-refractivity contribution in [2.45, 2.75) is 6.92 Å². The van der Waals surface area contributed by atoms with E-state index < -0.39 is 0 Å². The summed E-state index contributed by atoms with van der Waals surface area (Å²) in [6, 6.07) is 9.19. The molecule has 0 atom stereocenters. The SMILES string of the molecule is Cc1cccc(Cl)c1Nc1ncc(N)cc1C#N. The Kier molecular flexibility index (Phi) is 3.35. The Morgan fingerprint density at radius 2 is 2.22 bits per heavy atom. The fraction of sp³-hybridized carbons (Fsp3) is 0.0769. The van der Waals surface area contributed by atoms with E-state index in [1.54, 1.807) is 12.1 Å². The second kappa shape index (κ2) is 4.94. The molecule has 0 saturated carbocycles. The fourth-order valence-corrected chi connectivity index (χ4v) is 1.84. The molecule has 2 aromatic rings. The maximum atomic E-state index is 9.04. The van der Waals surface area contributed by atoms with Crippen LogP contribution < -0.4 is 11.1 Å². The third-order valence-electron chi connectivity index (χ3n) is 2.49. The number of nitrogen functional groups attached to an aromatic ring is 1. The van der Waals surface area contributed by atoms with Crippen LogP contribution in [-0.2, 0) is 0 Å². The summed E-state index contributed by atoms with van der Waals surface area (Å²) in [6.45, 7) is 1.93. The van der Waals surface area contributed by atoms with Crippen molar-refractivity contribution >= 4 is 28.8 Å². The Balaban J connectivity index is 2.44. The van der Waals surface area contributed by atoms with Gasteiger partial charge in [0.15, 0.2) is 0 Å². The lowest BCUT2D eigenvalue weighted by molar-refractivity contribution is 1.28. The molecule has 0 saturated heterocycles. The van der Waals surface area contributed by atoms with Crippen LogP contribution in [0.5, 0.6) is 0 Å². The number of aromatic nitrogens is 1. The van der Waals surface area contributed by atoms with Gasteiger partial charge in [0.05, 0.1) is 28.2 Å². The van der Waals surface area contributed by atoms with Crippen molar-refractivity contribution in [3.63, 3.8) is 0 Å². The monoisotopic (exact) mass is 258 g/mol. The van der Waals surface area contributed by atoms with E-state index in [2.05, 4.69) is 10.3 Å². The van der Waals surface area contributed by atoms with Gasteiger partial charge in [0.1, 0.15) is 11.9 Å². The van der Waals surface area contributed by atoms with Crippen molar-refractivity contribution in [3.05, 3.63) is 46.6 Å². The average molecular weight is 259 g/mol. The van der Waals surface area contributed by atoms with Gasteiger partial charge >= 0.3 is 0 Å². The average Bonchev–Trinajstić information content (AvgIpc) is 2.35. The van der Waals surface area contributed by atoms with Crippen molar-refractivity contribution in [3.8, 4) is 6.07 Å². The normalized spacial score (nSPS) is 9.83. The Morgan fingerprint density at radius 1 is 1.44 bits per heavy atom. The van der Waals surface area contributed by atoms with E-state index in [9.17, 15) is 0 Å². The zero-order chi connectivity index (χ0) is 13.1. The summed E-state index contributed by atoms with van der Waals surface area (Å²) < 4.78 is 0. The first kappa shape index (κ1) is 12.2.